The number of nitrogens with zero attached hydrogens (tertiary/aromatic N) is 3. The van der Waals surface area contributed by atoms with Crippen molar-refractivity contribution in [1.82, 2.24) is 15.0 Å². The molecule has 2 aromatic heterocycles. The SMILES string of the molecule is NC(=S)c1ccnc(Nc2cncnc2)c1. The number of anilines is 2. The number of hydrogen-bond donors (Lipinski definition) is 2. The normalized spacial score (nSPS) is 9.75. The van der Waals surface area contributed by atoms with E-state index >= 15 is 0 Å². The van der Waals surface area contributed by atoms with Gasteiger partial charge in [-0.1, -0.05) is 12.2 Å². The van der Waals surface area contributed by atoms with Gasteiger partial charge in [0.05, 0.1) is 18.1 Å². The third-order valence-electron chi connectivity index (χ3n) is 1.88. The first kappa shape index (κ1) is 10.4. The smallest absolute Gasteiger partial charge is 0.131 e. The first-order chi connectivity index (χ1) is 7.75. The Kier molecular flexibility index (Phi) is 3.02. The lowest BCUT2D eigenvalue weighted by Crippen LogP contribution is -2.09. The second-order valence-corrected chi connectivity index (χ2v) is 3.49. The van der Waals surface area contributed by atoms with Crippen molar-refractivity contribution in [2.45, 2.75) is 0 Å². The molecule has 16 heavy (non-hydrogen) atoms. The molecule has 0 saturated heterocycles. The summed E-state index contributed by atoms with van der Waals surface area (Å²) in [6, 6.07) is 3.53. The van der Waals surface area contributed by atoms with Gasteiger partial charge in [-0.2, -0.15) is 0 Å². The van der Waals surface area contributed by atoms with Gasteiger partial charge in [0.2, 0.25) is 0 Å². The second-order valence-electron chi connectivity index (χ2n) is 3.05. The first-order valence-electron chi connectivity index (χ1n) is 4.53. The number of nitrogens with one attached hydrogen (secondary N) is 1. The Hall–Kier alpha value is -2.08. The summed E-state index contributed by atoms with van der Waals surface area (Å²) >= 11 is 4.88. The summed E-state index contributed by atoms with van der Waals surface area (Å²) in [5.41, 5.74) is 7.05. The number of thiocarbonyl (C=S) groups is 1. The van der Waals surface area contributed by atoms with Crippen LogP contribution in [-0.2, 0) is 0 Å². The van der Waals surface area contributed by atoms with E-state index in [9.17, 15) is 0 Å². The Morgan fingerprint density at radius 2 is 2.06 bits per heavy atom. The molecule has 6 heteroatoms. The fraction of sp³-hybridized carbons (Fsp3) is 0. The molecule has 0 aliphatic rings. The Balaban J connectivity index is 2.22. The van der Waals surface area contributed by atoms with E-state index in [0.717, 1.165) is 11.3 Å². The zero-order chi connectivity index (χ0) is 11.4. The summed E-state index contributed by atoms with van der Waals surface area (Å²) in [6.07, 6.45) is 6.41. The van der Waals surface area contributed by atoms with Crippen molar-refractivity contribution in [2.24, 2.45) is 5.73 Å². The highest BCUT2D eigenvalue weighted by Gasteiger charge is 2.00. The van der Waals surface area contributed by atoms with Gasteiger partial charge in [0.25, 0.3) is 0 Å². The van der Waals surface area contributed by atoms with Crippen LogP contribution in [0, 0.1) is 0 Å². The van der Waals surface area contributed by atoms with E-state index in [2.05, 4.69) is 20.3 Å². The molecule has 2 aromatic rings. The Labute approximate surface area is 97.8 Å². The van der Waals surface area contributed by atoms with Gasteiger partial charge in [-0.05, 0) is 12.1 Å². The molecule has 0 radical (unpaired) electrons. The van der Waals surface area contributed by atoms with E-state index < -0.39 is 0 Å². The quantitative estimate of drug-likeness (QED) is 0.774. The molecule has 2 rings (SSSR count). The molecule has 0 aliphatic heterocycles. The van der Waals surface area contributed by atoms with E-state index in [1.54, 1.807) is 30.7 Å². The van der Waals surface area contributed by atoms with Gasteiger partial charge in [0.1, 0.15) is 17.1 Å². The second kappa shape index (κ2) is 4.63. The highest BCUT2D eigenvalue weighted by Crippen LogP contribution is 2.12. The number of aromatic nitrogens is 3. The molecular formula is C10H9N5S. The molecule has 3 N–H and O–H groups in total. The molecule has 0 bridgehead atoms. The fourth-order valence-electron chi connectivity index (χ4n) is 1.16. The molecule has 80 valence electrons. The minimum absolute atomic E-state index is 0.342. The summed E-state index contributed by atoms with van der Waals surface area (Å²) in [4.78, 5) is 12.3. The zero-order valence-corrected chi connectivity index (χ0v) is 9.11. The maximum absolute atomic E-state index is 5.53. The molecule has 0 atom stereocenters. The van der Waals surface area contributed by atoms with Crippen molar-refractivity contribution in [1.29, 1.82) is 0 Å². The molecule has 0 aromatic carbocycles. The predicted octanol–water partition coefficient (Wildman–Crippen LogP) is 1.25. The Morgan fingerprint density at radius 3 is 2.75 bits per heavy atom. The number of hydrogen-bond acceptors (Lipinski definition) is 5. The molecule has 0 spiro atoms. The van der Waals surface area contributed by atoms with Crippen molar-refractivity contribution >= 4 is 28.7 Å². The van der Waals surface area contributed by atoms with Crippen molar-refractivity contribution in [3.05, 3.63) is 42.6 Å². The Morgan fingerprint density at radius 1 is 1.31 bits per heavy atom. The molecule has 0 aliphatic carbocycles. The minimum atomic E-state index is 0.342. The van der Waals surface area contributed by atoms with Crippen molar-refractivity contribution in [3.63, 3.8) is 0 Å². The van der Waals surface area contributed by atoms with Crippen LogP contribution < -0.4 is 11.1 Å². The Bertz CT molecular complexity index is 500. The van der Waals surface area contributed by atoms with Crippen LogP contribution in [0.2, 0.25) is 0 Å². The van der Waals surface area contributed by atoms with Gasteiger partial charge in [-0.3, -0.25) is 0 Å². The third-order valence-corrected chi connectivity index (χ3v) is 2.11. The maximum atomic E-state index is 5.53. The lowest BCUT2D eigenvalue weighted by Gasteiger charge is -2.05. The summed E-state index contributed by atoms with van der Waals surface area (Å²) in [5, 5.41) is 3.05. The van der Waals surface area contributed by atoms with E-state index in [0.29, 0.717) is 10.8 Å². The third kappa shape index (κ3) is 2.48. The van der Waals surface area contributed by atoms with Gasteiger partial charge in [-0.25, -0.2) is 15.0 Å². The van der Waals surface area contributed by atoms with Crippen LogP contribution in [-0.4, -0.2) is 19.9 Å². The first-order valence-corrected chi connectivity index (χ1v) is 4.94. The van der Waals surface area contributed by atoms with Gasteiger partial charge >= 0.3 is 0 Å². The molecule has 2 heterocycles. The molecule has 0 unspecified atom stereocenters. The number of nitrogens with two attached hydrogens (primary N) is 1. The molecular weight excluding hydrogens is 222 g/mol. The van der Waals surface area contributed by atoms with Crippen LogP contribution in [0.3, 0.4) is 0 Å². The van der Waals surface area contributed by atoms with Crippen LogP contribution in [0.1, 0.15) is 5.56 Å². The van der Waals surface area contributed by atoms with E-state index in [-0.39, 0.29) is 0 Å². The van der Waals surface area contributed by atoms with Crippen molar-refractivity contribution < 1.29 is 0 Å². The van der Waals surface area contributed by atoms with Crippen LogP contribution in [0.5, 0.6) is 0 Å². The standard InChI is InChI=1S/C10H9N5S/c11-10(16)7-1-2-14-9(3-7)15-8-4-12-6-13-5-8/h1-6H,(H2,11,16)(H,14,15). The van der Waals surface area contributed by atoms with E-state index in [1.807, 2.05) is 0 Å². The molecule has 0 saturated carbocycles. The van der Waals surface area contributed by atoms with Crippen molar-refractivity contribution in [2.75, 3.05) is 5.32 Å². The van der Waals surface area contributed by atoms with E-state index in [1.165, 1.54) is 6.33 Å². The molecule has 0 amide bonds. The monoisotopic (exact) mass is 231 g/mol. The van der Waals surface area contributed by atoms with Gasteiger partial charge in [-0.15, -0.1) is 0 Å². The average Bonchev–Trinajstić information content (AvgIpc) is 2.30. The summed E-state index contributed by atoms with van der Waals surface area (Å²) in [5.74, 6) is 0.653. The predicted molar refractivity (Wildman–Crippen MR) is 65.4 cm³/mol. The van der Waals surface area contributed by atoms with Gasteiger partial charge in [0.15, 0.2) is 0 Å². The molecule has 5 nitrogen and oxygen atoms in total. The zero-order valence-electron chi connectivity index (χ0n) is 8.29. The fourth-order valence-corrected chi connectivity index (χ4v) is 1.29. The summed E-state index contributed by atoms with van der Waals surface area (Å²) in [7, 11) is 0. The molecule has 0 fully saturated rings. The van der Waals surface area contributed by atoms with Gasteiger partial charge < -0.3 is 11.1 Å². The van der Waals surface area contributed by atoms with Crippen LogP contribution in [0.25, 0.3) is 0 Å². The maximum Gasteiger partial charge on any atom is 0.131 e. The van der Waals surface area contributed by atoms with E-state index in [4.69, 9.17) is 18.0 Å². The summed E-state index contributed by atoms with van der Waals surface area (Å²) in [6.45, 7) is 0. The topological polar surface area (TPSA) is 76.7 Å². The number of pyridine rings is 1. The highest BCUT2D eigenvalue weighted by atomic mass is 32.1. The average molecular weight is 231 g/mol. The summed E-state index contributed by atoms with van der Waals surface area (Å²) < 4.78 is 0. The largest absolute Gasteiger partial charge is 0.389 e. The lowest BCUT2D eigenvalue weighted by molar-refractivity contribution is 1.16. The van der Waals surface area contributed by atoms with Crippen LogP contribution in [0.15, 0.2) is 37.1 Å². The van der Waals surface area contributed by atoms with Gasteiger partial charge in [0, 0.05) is 11.8 Å². The number of rotatable bonds is 3. The van der Waals surface area contributed by atoms with Crippen LogP contribution in [0.4, 0.5) is 11.5 Å². The lowest BCUT2D eigenvalue weighted by atomic mass is 10.2. The van der Waals surface area contributed by atoms with Crippen molar-refractivity contribution in [3.8, 4) is 0 Å². The minimum Gasteiger partial charge on any atom is -0.389 e. The van der Waals surface area contributed by atoms with Crippen LogP contribution >= 0.6 is 12.2 Å². The highest BCUT2D eigenvalue weighted by molar-refractivity contribution is 7.80.